The quantitative estimate of drug-likeness (QED) is 0.487. The van der Waals surface area contributed by atoms with Crippen LogP contribution in [0.4, 0.5) is 10.1 Å². The number of halogens is 2. The SMILES string of the molecule is CCOC(=O)Cc1cc([N+](=O)[O-])cc(F)c1Br. The number of non-ortho nitro benzene ring substituents is 1. The standard InChI is InChI=1S/C10H9BrFNO4/c1-2-17-9(14)4-6-3-7(13(15)16)5-8(12)10(6)11/h3,5H,2,4H2,1H3. The van der Waals surface area contributed by atoms with Crippen molar-refractivity contribution in [3.05, 3.63) is 38.1 Å². The van der Waals surface area contributed by atoms with Crippen molar-refractivity contribution in [2.45, 2.75) is 13.3 Å². The Labute approximate surface area is 105 Å². The molecule has 1 aromatic rings. The molecular formula is C10H9BrFNO4. The van der Waals surface area contributed by atoms with Crippen molar-refractivity contribution in [2.24, 2.45) is 0 Å². The number of nitro benzene ring substituents is 1. The molecule has 0 fully saturated rings. The first-order valence-corrected chi connectivity index (χ1v) is 5.53. The Bertz CT molecular complexity index is 464. The molecule has 0 radical (unpaired) electrons. The second-order valence-electron chi connectivity index (χ2n) is 3.14. The fraction of sp³-hybridized carbons (Fsp3) is 0.300. The Balaban J connectivity index is 3.05. The first kappa shape index (κ1) is 13.6. The topological polar surface area (TPSA) is 69.4 Å². The summed E-state index contributed by atoms with van der Waals surface area (Å²) in [6.07, 6.45) is -0.215. The summed E-state index contributed by atoms with van der Waals surface area (Å²) in [5.41, 5.74) is -0.208. The van der Waals surface area contributed by atoms with Gasteiger partial charge in [0, 0.05) is 6.07 Å². The van der Waals surface area contributed by atoms with Gasteiger partial charge in [0.1, 0.15) is 5.82 Å². The zero-order valence-electron chi connectivity index (χ0n) is 8.91. The maximum Gasteiger partial charge on any atom is 0.310 e. The van der Waals surface area contributed by atoms with Crippen molar-refractivity contribution in [1.82, 2.24) is 0 Å². The number of nitro groups is 1. The lowest BCUT2D eigenvalue weighted by Gasteiger charge is -2.05. The summed E-state index contributed by atoms with van der Waals surface area (Å²) in [5.74, 6) is -1.34. The molecule has 0 spiro atoms. The number of hydrogen-bond donors (Lipinski definition) is 0. The van der Waals surface area contributed by atoms with E-state index in [1.54, 1.807) is 6.92 Å². The van der Waals surface area contributed by atoms with Crippen LogP contribution in [0.15, 0.2) is 16.6 Å². The van der Waals surface area contributed by atoms with Crippen molar-refractivity contribution in [3.8, 4) is 0 Å². The maximum absolute atomic E-state index is 13.3. The molecule has 0 aromatic heterocycles. The van der Waals surface area contributed by atoms with Crippen molar-refractivity contribution in [2.75, 3.05) is 6.61 Å². The molecular weight excluding hydrogens is 297 g/mol. The Morgan fingerprint density at radius 2 is 2.24 bits per heavy atom. The summed E-state index contributed by atoms with van der Waals surface area (Å²) in [4.78, 5) is 21.0. The van der Waals surface area contributed by atoms with Crippen molar-refractivity contribution in [1.29, 1.82) is 0 Å². The molecule has 92 valence electrons. The fourth-order valence-electron chi connectivity index (χ4n) is 1.23. The number of carbonyl (C=O) groups excluding carboxylic acids is 1. The van der Waals surface area contributed by atoms with E-state index in [1.807, 2.05) is 0 Å². The van der Waals surface area contributed by atoms with Crippen molar-refractivity contribution in [3.63, 3.8) is 0 Å². The molecule has 0 saturated heterocycles. The Morgan fingerprint density at radius 3 is 2.76 bits per heavy atom. The lowest BCUT2D eigenvalue weighted by atomic mass is 10.1. The van der Waals surface area contributed by atoms with Crippen LogP contribution in [-0.2, 0) is 16.0 Å². The number of carbonyl (C=O) groups is 1. The third kappa shape index (κ3) is 3.48. The summed E-state index contributed by atoms with van der Waals surface area (Å²) in [6, 6.07) is 1.93. The van der Waals surface area contributed by atoms with Gasteiger partial charge in [-0.3, -0.25) is 14.9 Å². The molecule has 0 aliphatic heterocycles. The first-order valence-electron chi connectivity index (χ1n) is 4.73. The van der Waals surface area contributed by atoms with Crippen LogP contribution in [0.2, 0.25) is 0 Å². The molecule has 1 rings (SSSR count). The highest BCUT2D eigenvalue weighted by molar-refractivity contribution is 9.10. The highest BCUT2D eigenvalue weighted by Crippen LogP contribution is 2.26. The number of benzene rings is 1. The molecule has 0 heterocycles. The van der Waals surface area contributed by atoms with Gasteiger partial charge in [-0.15, -0.1) is 0 Å². The second-order valence-corrected chi connectivity index (χ2v) is 3.93. The van der Waals surface area contributed by atoms with E-state index < -0.39 is 22.4 Å². The molecule has 0 aliphatic carbocycles. The van der Waals surface area contributed by atoms with Gasteiger partial charge in [0.05, 0.1) is 28.5 Å². The number of ether oxygens (including phenoxy) is 1. The predicted octanol–water partition coefficient (Wildman–Crippen LogP) is 2.60. The van der Waals surface area contributed by atoms with Gasteiger partial charge in [-0.05, 0) is 28.4 Å². The Kier molecular flexibility index (Phi) is 4.56. The zero-order chi connectivity index (χ0) is 13.0. The normalized spacial score (nSPS) is 10.1. The molecule has 17 heavy (non-hydrogen) atoms. The van der Waals surface area contributed by atoms with Gasteiger partial charge in [0.2, 0.25) is 0 Å². The highest BCUT2D eigenvalue weighted by atomic mass is 79.9. The van der Waals surface area contributed by atoms with E-state index in [4.69, 9.17) is 0 Å². The summed E-state index contributed by atoms with van der Waals surface area (Å²) >= 11 is 2.94. The minimum Gasteiger partial charge on any atom is -0.466 e. The minimum absolute atomic E-state index is 0.0381. The third-order valence-corrected chi connectivity index (χ3v) is 2.83. The largest absolute Gasteiger partial charge is 0.466 e. The van der Waals surface area contributed by atoms with Gasteiger partial charge in [-0.2, -0.15) is 0 Å². The Morgan fingerprint density at radius 1 is 1.59 bits per heavy atom. The number of esters is 1. The third-order valence-electron chi connectivity index (χ3n) is 1.94. The average molecular weight is 306 g/mol. The van der Waals surface area contributed by atoms with Gasteiger partial charge in [0.25, 0.3) is 5.69 Å². The van der Waals surface area contributed by atoms with E-state index in [-0.39, 0.29) is 23.1 Å². The van der Waals surface area contributed by atoms with Gasteiger partial charge in [-0.1, -0.05) is 0 Å². The van der Waals surface area contributed by atoms with Gasteiger partial charge < -0.3 is 4.74 Å². The summed E-state index contributed by atoms with van der Waals surface area (Å²) in [6.45, 7) is 1.84. The molecule has 0 bridgehead atoms. The van der Waals surface area contributed by atoms with Gasteiger partial charge in [-0.25, -0.2) is 4.39 Å². The number of nitrogens with zero attached hydrogens (tertiary/aromatic N) is 1. The molecule has 0 atom stereocenters. The van der Waals surface area contributed by atoms with Crippen LogP contribution in [0, 0.1) is 15.9 Å². The Hall–Kier alpha value is -1.50. The van der Waals surface area contributed by atoms with Crippen LogP contribution >= 0.6 is 15.9 Å². The van der Waals surface area contributed by atoms with E-state index in [9.17, 15) is 19.3 Å². The smallest absolute Gasteiger partial charge is 0.310 e. The van der Waals surface area contributed by atoms with Gasteiger partial charge >= 0.3 is 5.97 Å². The summed E-state index contributed by atoms with van der Waals surface area (Å²) < 4.78 is 18.1. The maximum atomic E-state index is 13.3. The van der Waals surface area contributed by atoms with E-state index in [2.05, 4.69) is 20.7 Å². The second kappa shape index (κ2) is 5.72. The van der Waals surface area contributed by atoms with E-state index in [1.165, 1.54) is 0 Å². The molecule has 0 aliphatic rings. The lowest BCUT2D eigenvalue weighted by molar-refractivity contribution is -0.385. The van der Waals surface area contributed by atoms with Crippen molar-refractivity contribution < 1.29 is 18.8 Å². The highest BCUT2D eigenvalue weighted by Gasteiger charge is 2.17. The predicted molar refractivity (Wildman–Crippen MR) is 61.1 cm³/mol. The van der Waals surface area contributed by atoms with E-state index in [0.29, 0.717) is 0 Å². The number of rotatable bonds is 4. The fourth-order valence-corrected chi connectivity index (χ4v) is 1.60. The van der Waals surface area contributed by atoms with Crippen LogP contribution < -0.4 is 0 Å². The number of hydrogen-bond acceptors (Lipinski definition) is 4. The van der Waals surface area contributed by atoms with Gasteiger partial charge in [0.15, 0.2) is 0 Å². The van der Waals surface area contributed by atoms with E-state index >= 15 is 0 Å². The van der Waals surface area contributed by atoms with Crippen molar-refractivity contribution >= 4 is 27.6 Å². The molecule has 0 amide bonds. The first-order chi connectivity index (χ1) is 7.95. The molecule has 5 nitrogen and oxygen atoms in total. The zero-order valence-corrected chi connectivity index (χ0v) is 10.5. The molecule has 0 saturated carbocycles. The molecule has 0 unspecified atom stereocenters. The summed E-state index contributed by atoms with van der Waals surface area (Å²) in [5, 5.41) is 10.5. The van der Waals surface area contributed by atoms with Crippen LogP contribution in [0.1, 0.15) is 12.5 Å². The van der Waals surface area contributed by atoms with Crippen LogP contribution in [-0.4, -0.2) is 17.5 Å². The molecule has 7 heteroatoms. The van der Waals surface area contributed by atoms with Crippen LogP contribution in [0.5, 0.6) is 0 Å². The minimum atomic E-state index is -0.779. The van der Waals surface area contributed by atoms with Crippen LogP contribution in [0.25, 0.3) is 0 Å². The molecule has 0 N–H and O–H groups in total. The monoisotopic (exact) mass is 305 g/mol. The lowest BCUT2D eigenvalue weighted by Crippen LogP contribution is -2.08. The molecule has 1 aromatic carbocycles. The average Bonchev–Trinajstić information content (AvgIpc) is 2.24. The van der Waals surface area contributed by atoms with E-state index in [0.717, 1.165) is 12.1 Å². The van der Waals surface area contributed by atoms with Crippen LogP contribution in [0.3, 0.4) is 0 Å². The summed E-state index contributed by atoms with van der Waals surface area (Å²) in [7, 11) is 0.